The number of likely N-dealkylation sites (N-methyl/N-ethyl adjacent to an activating group) is 1. The number of rotatable bonds is 2. The number of hydrogen-bond acceptors (Lipinski definition) is 4. The van der Waals surface area contributed by atoms with Crippen LogP contribution < -0.4 is 4.74 Å². The zero-order valence-corrected chi connectivity index (χ0v) is 19.9. The quantitative estimate of drug-likeness (QED) is 0.687. The van der Waals surface area contributed by atoms with Crippen molar-refractivity contribution in [1.29, 1.82) is 0 Å². The SMILES string of the molecule is CCN1CCOc2ccccc2CCCCC2(CCN(C(=O)c3ccncc3C)CC2)C1=O. The van der Waals surface area contributed by atoms with Gasteiger partial charge in [0.1, 0.15) is 12.4 Å². The third kappa shape index (κ3) is 5.05. The number of hydrogen-bond donors (Lipinski definition) is 0. The van der Waals surface area contributed by atoms with Crippen molar-refractivity contribution < 1.29 is 14.3 Å². The van der Waals surface area contributed by atoms with E-state index in [1.165, 1.54) is 5.56 Å². The van der Waals surface area contributed by atoms with E-state index in [2.05, 4.69) is 17.1 Å². The van der Waals surface area contributed by atoms with Gasteiger partial charge in [-0.05, 0) is 69.2 Å². The summed E-state index contributed by atoms with van der Waals surface area (Å²) in [6.45, 7) is 6.94. The summed E-state index contributed by atoms with van der Waals surface area (Å²) in [5.74, 6) is 1.21. The number of para-hydroxylation sites is 1. The number of ether oxygens (including phenoxy) is 1. The summed E-state index contributed by atoms with van der Waals surface area (Å²) >= 11 is 0. The van der Waals surface area contributed by atoms with Crippen molar-refractivity contribution in [2.24, 2.45) is 5.41 Å². The maximum atomic E-state index is 13.8. The van der Waals surface area contributed by atoms with Crippen LogP contribution in [0.2, 0.25) is 0 Å². The van der Waals surface area contributed by atoms with E-state index < -0.39 is 5.41 Å². The number of carbonyl (C=O) groups is 2. The monoisotopic (exact) mass is 449 g/mol. The molecule has 0 aliphatic carbocycles. The van der Waals surface area contributed by atoms with E-state index in [1.807, 2.05) is 35.8 Å². The maximum Gasteiger partial charge on any atom is 0.254 e. The maximum absolute atomic E-state index is 13.8. The lowest BCUT2D eigenvalue weighted by Gasteiger charge is -2.43. The predicted octanol–water partition coefficient (Wildman–Crippen LogP) is 4.27. The third-order valence-corrected chi connectivity index (χ3v) is 7.32. The Bertz CT molecular complexity index is 982. The van der Waals surface area contributed by atoms with Crippen molar-refractivity contribution in [1.82, 2.24) is 14.8 Å². The Labute approximate surface area is 196 Å². The average molecular weight is 450 g/mol. The first-order chi connectivity index (χ1) is 16.0. The first-order valence-corrected chi connectivity index (χ1v) is 12.2. The second kappa shape index (κ2) is 10.4. The van der Waals surface area contributed by atoms with Crippen molar-refractivity contribution in [2.75, 3.05) is 32.8 Å². The molecule has 2 aromatic rings. The van der Waals surface area contributed by atoms with Crippen molar-refractivity contribution in [3.8, 4) is 5.75 Å². The minimum Gasteiger partial charge on any atom is -0.491 e. The molecule has 176 valence electrons. The number of carbonyl (C=O) groups excluding carboxylic acids is 2. The van der Waals surface area contributed by atoms with Crippen molar-refractivity contribution in [3.63, 3.8) is 0 Å². The number of aryl methyl sites for hydroxylation is 2. The van der Waals surface area contributed by atoms with Gasteiger partial charge in [0.2, 0.25) is 5.91 Å². The van der Waals surface area contributed by atoms with Crippen LogP contribution in [0, 0.1) is 12.3 Å². The van der Waals surface area contributed by atoms with Gasteiger partial charge in [-0.1, -0.05) is 24.6 Å². The summed E-state index contributed by atoms with van der Waals surface area (Å²) < 4.78 is 6.07. The molecule has 3 heterocycles. The van der Waals surface area contributed by atoms with Crippen LogP contribution >= 0.6 is 0 Å². The van der Waals surface area contributed by atoms with Crippen molar-refractivity contribution in [2.45, 2.75) is 52.4 Å². The summed E-state index contributed by atoms with van der Waals surface area (Å²) in [7, 11) is 0. The molecule has 0 N–H and O–H groups in total. The van der Waals surface area contributed by atoms with E-state index in [4.69, 9.17) is 4.74 Å². The number of piperidine rings is 1. The average Bonchev–Trinajstić information content (AvgIpc) is 2.84. The Morgan fingerprint density at radius 3 is 2.64 bits per heavy atom. The van der Waals surface area contributed by atoms with Gasteiger partial charge in [-0.25, -0.2) is 0 Å². The van der Waals surface area contributed by atoms with Crippen LogP contribution in [0.3, 0.4) is 0 Å². The second-order valence-corrected chi connectivity index (χ2v) is 9.31. The molecular weight excluding hydrogens is 414 g/mol. The fourth-order valence-electron chi connectivity index (χ4n) is 5.23. The predicted molar refractivity (Wildman–Crippen MR) is 128 cm³/mol. The number of benzene rings is 1. The van der Waals surface area contributed by atoms with Gasteiger partial charge in [0.25, 0.3) is 5.91 Å². The molecule has 0 radical (unpaired) electrons. The van der Waals surface area contributed by atoms with E-state index in [-0.39, 0.29) is 11.8 Å². The van der Waals surface area contributed by atoms with Gasteiger partial charge in [0.15, 0.2) is 0 Å². The number of fused-ring (bicyclic) bond motifs is 1. The molecule has 0 bridgehead atoms. The highest BCUT2D eigenvalue weighted by molar-refractivity contribution is 5.95. The van der Waals surface area contributed by atoms with Gasteiger partial charge in [0, 0.05) is 37.6 Å². The summed E-state index contributed by atoms with van der Waals surface area (Å²) in [6, 6.07) is 10.0. The molecular formula is C27H35N3O3. The number of amides is 2. The minimum absolute atomic E-state index is 0.0442. The van der Waals surface area contributed by atoms with Gasteiger partial charge in [-0.15, -0.1) is 0 Å². The molecule has 0 unspecified atom stereocenters. The Balaban J connectivity index is 1.49. The van der Waals surface area contributed by atoms with E-state index in [0.717, 1.165) is 49.8 Å². The molecule has 1 spiro atoms. The van der Waals surface area contributed by atoms with Crippen LogP contribution in [-0.4, -0.2) is 59.4 Å². The number of nitrogens with zero attached hydrogens (tertiary/aromatic N) is 3. The first kappa shape index (κ1) is 23.3. The highest BCUT2D eigenvalue weighted by atomic mass is 16.5. The van der Waals surface area contributed by atoms with E-state index in [0.29, 0.717) is 38.3 Å². The molecule has 0 saturated carbocycles. The van der Waals surface area contributed by atoms with E-state index in [1.54, 1.807) is 18.5 Å². The Kier molecular flexibility index (Phi) is 7.31. The summed E-state index contributed by atoms with van der Waals surface area (Å²) in [4.78, 5) is 34.8. The number of likely N-dealkylation sites (tertiary alicyclic amines) is 1. The van der Waals surface area contributed by atoms with Gasteiger partial charge in [-0.2, -0.15) is 0 Å². The smallest absolute Gasteiger partial charge is 0.254 e. The van der Waals surface area contributed by atoms with Crippen LogP contribution in [-0.2, 0) is 11.2 Å². The number of aromatic nitrogens is 1. The third-order valence-electron chi connectivity index (χ3n) is 7.32. The molecule has 2 aliphatic heterocycles. The molecule has 2 aliphatic rings. The van der Waals surface area contributed by atoms with Crippen LogP contribution in [0.25, 0.3) is 0 Å². The highest BCUT2D eigenvalue weighted by Crippen LogP contribution is 2.39. The largest absolute Gasteiger partial charge is 0.491 e. The van der Waals surface area contributed by atoms with Gasteiger partial charge >= 0.3 is 0 Å². The normalized spacial score (nSPS) is 19.3. The molecule has 1 aromatic carbocycles. The Morgan fingerprint density at radius 1 is 1.09 bits per heavy atom. The highest BCUT2D eigenvalue weighted by Gasteiger charge is 2.43. The van der Waals surface area contributed by atoms with E-state index in [9.17, 15) is 9.59 Å². The lowest BCUT2D eigenvalue weighted by molar-refractivity contribution is -0.145. The lowest BCUT2D eigenvalue weighted by atomic mass is 9.73. The Morgan fingerprint density at radius 2 is 1.88 bits per heavy atom. The molecule has 6 nitrogen and oxygen atoms in total. The fraction of sp³-hybridized carbons (Fsp3) is 0.519. The lowest BCUT2D eigenvalue weighted by Crippen LogP contribution is -2.52. The summed E-state index contributed by atoms with van der Waals surface area (Å²) in [5, 5.41) is 0. The zero-order valence-electron chi connectivity index (χ0n) is 19.9. The Hall–Kier alpha value is -2.89. The van der Waals surface area contributed by atoms with Gasteiger partial charge < -0.3 is 14.5 Å². The van der Waals surface area contributed by atoms with Crippen LogP contribution in [0.5, 0.6) is 5.75 Å². The number of pyridine rings is 1. The van der Waals surface area contributed by atoms with Gasteiger partial charge in [0.05, 0.1) is 12.0 Å². The molecule has 0 atom stereocenters. The molecule has 4 rings (SSSR count). The van der Waals surface area contributed by atoms with Crippen molar-refractivity contribution in [3.05, 3.63) is 59.4 Å². The zero-order chi connectivity index (χ0) is 23.3. The van der Waals surface area contributed by atoms with Crippen LogP contribution in [0.4, 0.5) is 0 Å². The standard InChI is InChI=1S/C27H35N3O3/c1-3-29-18-19-33-24-10-5-4-8-22(24)9-6-7-12-27(26(29)32)13-16-30(17-14-27)25(31)23-11-15-28-20-21(23)2/h4-5,8,10-11,15,20H,3,6-7,9,12-14,16-19H2,1-2H3. The molecule has 1 aromatic heterocycles. The van der Waals surface area contributed by atoms with Crippen LogP contribution in [0.15, 0.2) is 42.7 Å². The second-order valence-electron chi connectivity index (χ2n) is 9.31. The van der Waals surface area contributed by atoms with Gasteiger partial charge in [-0.3, -0.25) is 14.6 Å². The summed E-state index contributed by atoms with van der Waals surface area (Å²) in [6.07, 6.45) is 8.70. The topological polar surface area (TPSA) is 62.7 Å². The minimum atomic E-state index is -0.390. The molecule has 2 amide bonds. The fourth-order valence-corrected chi connectivity index (χ4v) is 5.23. The first-order valence-electron chi connectivity index (χ1n) is 12.2. The molecule has 6 heteroatoms. The van der Waals surface area contributed by atoms with E-state index >= 15 is 0 Å². The molecule has 1 saturated heterocycles. The van der Waals surface area contributed by atoms with Crippen LogP contribution in [0.1, 0.15) is 60.5 Å². The summed E-state index contributed by atoms with van der Waals surface area (Å²) in [5.41, 5.74) is 2.45. The molecule has 1 fully saturated rings. The molecule has 33 heavy (non-hydrogen) atoms. The van der Waals surface area contributed by atoms with Crippen molar-refractivity contribution >= 4 is 11.8 Å².